The highest BCUT2D eigenvalue weighted by molar-refractivity contribution is 5.18. The smallest absolute Gasteiger partial charge is 0.0578 e. The Kier molecular flexibility index (Phi) is 5.47. The van der Waals surface area contributed by atoms with Gasteiger partial charge in [-0.05, 0) is 37.1 Å². The van der Waals surface area contributed by atoms with E-state index >= 15 is 0 Å². The monoisotopic (exact) mass is 220 g/mol. The van der Waals surface area contributed by atoms with E-state index in [1.807, 2.05) is 6.20 Å². The first-order valence-corrected chi connectivity index (χ1v) is 6.38. The van der Waals surface area contributed by atoms with E-state index < -0.39 is 0 Å². The van der Waals surface area contributed by atoms with E-state index in [2.05, 4.69) is 50.1 Å². The number of aryl methyl sites for hydroxylation is 1. The fourth-order valence-corrected chi connectivity index (χ4v) is 2.22. The van der Waals surface area contributed by atoms with Gasteiger partial charge in [0.1, 0.15) is 0 Å². The van der Waals surface area contributed by atoms with Gasteiger partial charge in [0, 0.05) is 6.20 Å². The fraction of sp³-hybridized carbons (Fsp3) is 0.643. The third-order valence-corrected chi connectivity index (χ3v) is 3.20. The summed E-state index contributed by atoms with van der Waals surface area (Å²) in [6.45, 7) is 9.80. The molecule has 0 aliphatic carbocycles. The summed E-state index contributed by atoms with van der Waals surface area (Å²) in [5.74, 6) is 0.675. The number of aromatic nitrogens is 1. The largest absolute Gasteiger partial charge is 0.309 e. The molecule has 0 bridgehead atoms. The molecule has 0 aliphatic heterocycles. The number of hydrogen-bond acceptors (Lipinski definition) is 2. The number of nitrogens with zero attached hydrogens (tertiary/aromatic N) is 1. The zero-order valence-corrected chi connectivity index (χ0v) is 11.0. The van der Waals surface area contributed by atoms with Gasteiger partial charge in [0.25, 0.3) is 0 Å². The lowest BCUT2D eigenvalue weighted by atomic mass is 9.91. The summed E-state index contributed by atoms with van der Waals surface area (Å²) in [5.41, 5.74) is 2.48. The Balaban J connectivity index is 2.91. The molecule has 2 heteroatoms. The van der Waals surface area contributed by atoms with Gasteiger partial charge < -0.3 is 5.32 Å². The van der Waals surface area contributed by atoms with Gasteiger partial charge in [0.05, 0.1) is 11.7 Å². The second kappa shape index (κ2) is 6.64. The molecule has 90 valence electrons. The molecule has 1 heterocycles. The molecule has 16 heavy (non-hydrogen) atoms. The summed E-state index contributed by atoms with van der Waals surface area (Å²) < 4.78 is 0. The van der Waals surface area contributed by atoms with Crippen LogP contribution in [0.1, 0.15) is 50.9 Å². The molecular weight excluding hydrogens is 196 g/mol. The zero-order chi connectivity index (χ0) is 12.0. The van der Waals surface area contributed by atoms with E-state index in [9.17, 15) is 0 Å². The van der Waals surface area contributed by atoms with Crippen LogP contribution in [-0.2, 0) is 0 Å². The van der Waals surface area contributed by atoms with Gasteiger partial charge in [-0.25, -0.2) is 0 Å². The predicted octanol–water partition coefficient (Wildman–Crippen LogP) is 3.48. The summed E-state index contributed by atoms with van der Waals surface area (Å²) in [6.07, 6.45) is 4.31. The maximum atomic E-state index is 4.51. The molecule has 0 aliphatic rings. The Morgan fingerprint density at radius 1 is 1.25 bits per heavy atom. The van der Waals surface area contributed by atoms with Gasteiger partial charge in [0.15, 0.2) is 0 Å². The lowest BCUT2D eigenvalue weighted by Gasteiger charge is -2.25. The minimum absolute atomic E-state index is 0.403. The molecule has 0 spiro atoms. The molecule has 0 radical (unpaired) electrons. The van der Waals surface area contributed by atoms with Crippen LogP contribution in [0.15, 0.2) is 18.3 Å². The van der Waals surface area contributed by atoms with Gasteiger partial charge in [-0.3, -0.25) is 4.98 Å². The van der Waals surface area contributed by atoms with Crippen molar-refractivity contribution in [1.29, 1.82) is 0 Å². The van der Waals surface area contributed by atoms with Gasteiger partial charge in [-0.2, -0.15) is 0 Å². The van der Waals surface area contributed by atoms with E-state index in [0.717, 1.165) is 6.54 Å². The summed E-state index contributed by atoms with van der Waals surface area (Å²) in [7, 11) is 0. The summed E-state index contributed by atoms with van der Waals surface area (Å²) in [5, 5.41) is 3.57. The molecule has 1 rings (SSSR count). The van der Waals surface area contributed by atoms with E-state index in [0.29, 0.717) is 12.0 Å². The SMILES string of the molecule is CCNC(c1cc(C)ccn1)C(CC)CC. The first-order valence-electron chi connectivity index (χ1n) is 6.38. The quantitative estimate of drug-likeness (QED) is 0.794. The first kappa shape index (κ1) is 13.2. The van der Waals surface area contributed by atoms with Crippen molar-refractivity contribution in [3.8, 4) is 0 Å². The van der Waals surface area contributed by atoms with Crippen LogP contribution < -0.4 is 5.32 Å². The van der Waals surface area contributed by atoms with Crippen molar-refractivity contribution in [2.75, 3.05) is 6.54 Å². The lowest BCUT2D eigenvalue weighted by Crippen LogP contribution is -2.28. The minimum Gasteiger partial charge on any atom is -0.309 e. The van der Waals surface area contributed by atoms with E-state index in [-0.39, 0.29) is 0 Å². The highest BCUT2D eigenvalue weighted by Gasteiger charge is 2.20. The van der Waals surface area contributed by atoms with Gasteiger partial charge >= 0.3 is 0 Å². The Labute approximate surface area is 99.5 Å². The molecule has 1 unspecified atom stereocenters. The Bertz CT molecular complexity index is 305. The van der Waals surface area contributed by atoms with Crippen molar-refractivity contribution in [2.45, 2.75) is 46.6 Å². The van der Waals surface area contributed by atoms with Crippen molar-refractivity contribution < 1.29 is 0 Å². The van der Waals surface area contributed by atoms with Crippen LogP contribution in [0, 0.1) is 12.8 Å². The molecule has 0 saturated heterocycles. The van der Waals surface area contributed by atoms with Crippen LogP contribution in [0.5, 0.6) is 0 Å². The molecule has 0 aromatic carbocycles. The zero-order valence-electron chi connectivity index (χ0n) is 11.0. The van der Waals surface area contributed by atoms with Crippen LogP contribution in [0.3, 0.4) is 0 Å². The summed E-state index contributed by atoms with van der Waals surface area (Å²) >= 11 is 0. The number of rotatable bonds is 6. The Hall–Kier alpha value is -0.890. The number of hydrogen-bond donors (Lipinski definition) is 1. The molecule has 1 aromatic heterocycles. The van der Waals surface area contributed by atoms with Gasteiger partial charge in [0.2, 0.25) is 0 Å². The average molecular weight is 220 g/mol. The van der Waals surface area contributed by atoms with Crippen LogP contribution in [0.4, 0.5) is 0 Å². The molecule has 1 aromatic rings. The maximum absolute atomic E-state index is 4.51. The predicted molar refractivity (Wildman–Crippen MR) is 69.5 cm³/mol. The van der Waals surface area contributed by atoms with Crippen LogP contribution >= 0.6 is 0 Å². The Morgan fingerprint density at radius 3 is 2.44 bits per heavy atom. The topological polar surface area (TPSA) is 24.9 Å². The third-order valence-electron chi connectivity index (χ3n) is 3.20. The number of nitrogens with one attached hydrogen (secondary N) is 1. The molecule has 0 amide bonds. The highest BCUT2D eigenvalue weighted by Crippen LogP contribution is 2.26. The van der Waals surface area contributed by atoms with Crippen molar-refractivity contribution in [1.82, 2.24) is 10.3 Å². The molecule has 0 fully saturated rings. The highest BCUT2D eigenvalue weighted by atomic mass is 14.9. The van der Waals surface area contributed by atoms with Crippen molar-refractivity contribution >= 4 is 0 Å². The minimum atomic E-state index is 0.403. The third kappa shape index (κ3) is 3.31. The van der Waals surface area contributed by atoms with Gasteiger partial charge in [-0.1, -0.05) is 33.6 Å². The lowest BCUT2D eigenvalue weighted by molar-refractivity contribution is 0.340. The molecule has 2 nitrogen and oxygen atoms in total. The second-order valence-electron chi connectivity index (χ2n) is 4.37. The molecule has 1 atom stereocenters. The maximum Gasteiger partial charge on any atom is 0.0578 e. The first-order chi connectivity index (χ1) is 7.72. The van der Waals surface area contributed by atoms with Crippen molar-refractivity contribution in [2.24, 2.45) is 5.92 Å². The van der Waals surface area contributed by atoms with Crippen molar-refractivity contribution in [3.63, 3.8) is 0 Å². The van der Waals surface area contributed by atoms with E-state index in [4.69, 9.17) is 0 Å². The van der Waals surface area contributed by atoms with Crippen LogP contribution in [-0.4, -0.2) is 11.5 Å². The van der Waals surface area contributed by atoms with Gasteiger partial charge in [-0.15, -0.1) is 0 Å². The second-order valence-corrected chi connectivity index (χ2v) is 4.37. The van der Waals surface area contributed by atoms with Crippen molar-refractivity contribution in [3.05, 3.63) is 29.6 Å². The van der Waals surface area contributed by atoms with E-state index in [1.165, 1.54) is 24.1 Å². The van der Waals surface area contributed by atoms with E-state index in [1.54, 1.807) is 0 Å². The molecular formula is C14H24N2. The normalized spacial score (nSPS) is 13.1. The standard InChI is InChI=1S/C14H24N2/c1-5-12(6-2)14(15-7-3)13-10-11(4)8-9-16-13/h8-10,12,14-15H,5-7H2,1-4H3. The summed E-state index contributed by atoms with van der Waals surface area (Å²) in [6, 6.07) is 4.66. The molecule has 0 saturated carbocycles. The average Bonchev–Trinajstić information content (AvgIpc) is 2.29. The fourth-order valence-electron chi connectivity index (χ4n) is 2.22. The van der Waals surface area contributed by atoms with Crippen LogP contribution in [0.2, 0.25) is 0 Å². The summed E-state index contributed by atoms with van der Waals surface area (Å²) in [4.78, 5) is 4.51. The number of pyridine rings is 1. The van der Waals surface area contributed by atoms with Crippen LogP contribution in [0.25, 0.3) is 0 Å². The molecule has 1 N–H and O–H groups in total. The Morgan fingerprint density at radius 2 is 1.94 bits per heavy atom.